The number of rotatable bonds is 3. The molecule has 0 aliphatic heterocycles. The first-order chi connectivity index (χ1) is 5.77. The number of hydrogen-bond acceptors (Lipinski definition) is 1. The molecule has 0 fully saturated rings. The van der Waals surface area contributed by atoms with Crippen LogP contribution in [0.15, 0.2) is 36.9 Å². The van der Waals surface area contributed by atoms with Crippen LogP contribution in [0.3, 0.4) is 0 Å². The van der Waals surface area contributed by atoms with Crippen molar-refractivity contribution in [2.45, 2.75) is 5.92 Å². The van der Waals surface area contributed by atoms with E-state index in [1.807, 2.05) is 24.3 Å². The first kappa shape index (κ1) is 9.30. The van der Waals surface area contributed by atoms with Crippen LogP contribution in [-0.2, 0) is 0 Å². The molecule has 1 N–H and O–H groups in total. The van der Waals surface area contributed by atoms with E-state index < -0.39 is 0 Å². The van der Waals surface area contributed by atoms with Gasteiger partial charge in [-0.25, -0.2) is 0 Å². The van der Waals surface area contributed by atoms with Gasteiger partial charge in [-0.05, 0) is 17.7 Å². The van der Waals surface area contributed by atoms with Crippen molar-refractivity contribution >= 4 is 11.6 Å². The van der Waals surface area contributed by atoms with Gasteiger partial charge in [0.1, 0.15) is 0 Å². The van der Waals surface area contributed by atoms with E-state index in [2.05, 4.69) is 6.58 Å². The quantitative estimate of drug-likeness (QED) is 0.713. The fourth-order valence-corrected chi connectivity index (χ4v) is 1.15. The van der Waals surface area contributed by atoms with Gasteiger partial charge in [-0.1, -0.05) is 29.8 Å². The van der Waals surface area contributed by atoms with Crippen molar-refractivity contribution in [3.63, 3.8) is 0 Å². The van der Waals surface area contributed by atoms with Gasteiger partial charge in [0.2, 0.25) is 0 Å². The van der Waals surface area contributed by atoms with Gasteiger partial charge >= 0.3 is 0 Å². The van der Waals surface area contributed by atoms with E-state index in [0.717, 1.165) is 5.56 Å². The van der Waals surface area contributed by atoms with Crippen molar-refractivity contribution in [2.24, 2.45) is 0 Å². The van der Waals surface area contributed by atoms with Gasteiger partial charge in [-0.2, -0.15) is 0 Å². The Balaban J connectivity index is 2.87. The fraction of sp³-hybridized carbons (Fsp3) is 0.200. The lowest BCUT2D eigenvalue weighted by atomic mass is 10.0. The predicted molar refractivity (Wildman–Crippen MR) is 51.5 cm³/mol. The molecule has 0 spiro atoms. The zero-order valence-corrected chi connectivity index (χ0v) is 7.46. The van der Waals surface area contributed by atoms with Gasteiger partial charge in [0.25, 0.3) is 0 Å². The third kappa shape index (κ3) is 2.10. The molecule has 0 amide bonds. The number of benzene rings is 1. The Hall–Kier alpha value is -0.790. The van der Waals surface area contributed by atoms with E-state index in [1.165, 1.54) is 0 Å². The summed E-state index contributed by atoms with van der Waals surface area (Å²) in [6, 6.07) is 7.40. The van der Waals surface area contributed by atoms with E-state index in [1.54, 1.807) is 6.08 Å². The monoisotopic (exact) mass is 182 g/mol. The summed E-state index contributed by atoms with van der Waals surface area (Å²) in [7, 11) is 0. The highest BCUT2D eigenvalue weighted by atomic mass is 35.5. The second-order valence-corrected chi connectivity index (χ2v) is 3.01. The summed E-state index contributed by atoms with van der Waals surface area (Å²) in [5.41, 5.74) is 1.04. The third-order valence-electron chi connectivity index (χ3n) is 1.78. The van der Waals surface area contributed by atoms with Crippen molar-refractivity contribution in [1.82, 2.24) is 0 Å². The molecular formula is C10H11ClO. The maximum Gasteiger partial charge on any atom is 0.0534 e. The minimum atomic E-state index is 0.0160. The van der Waals surface area contributed by atoms with Gasteiger partial charge in [-0.15, -0.1) is 6.58 Å². The number of halogens is 1. The largest absolute Gasteiger partial charge is 0.395 e. The topological polar surface area (TPSA) is 20.2 Å². The lowest BCUT2D eigenvalue weighted by molar-refractivity contribution is 0.283. The molecule has 0 aliphatic carbocycles. The summed E-state index contributed by atoms with van der Waals surface area (Å²) < 4.78 is 0. The number of aliphatic hydroxyl groups excluding tert-OH is 1. The van der Waals surface area contributed by atoms with Crippen LogP contribution < -0.4 is 0 Å². The van der Waals surface area contributed by atoms with Crippen molar-refractivity contribution < 1.29 is 5.11 Å². The van der Waals surface area contributed by atoms with Gasteiger partial charge in [0.05, 0.1) is 6.61 Å². The molecule has 1 unspecified atom stereocenters. The molecule has 0 bridgehead atoms. The molecule has 0 aliphatic rings. The van der Waals surface area contributed by atoms with Crippen molar-refractivity contribution in [3.8, 4) is 0 Å². The summed E-state index contributed by atoms with van der Waals surface area (Å²) in [6.45, 7) is 3.73. The highest BCUT2D eigenvalue weighted by Crippen LogP contribution is 2.18. The van der Waals surface area contributed by atoms with Gasteiger partial charge in [0.15, 0.2) is 0 Å². The lowest BCUT2D eigenvalue weighted by Gasteiger charge is -2.08. The molecule has 0 saturated carbocycles. The summed E-state index contributed by atoms with van der Waals surface area (Å²) in [5.74, 6) is 0.0160. The fourth-order valence-electron chi connectivity index (χ4n) is 1.03. The van der Waals surface area contributed by atoms with Crippen LogP contribution in [0.5, 0.6) is 0 Å². The summed E-state index contributed by atoms with van der Waals surface area (Å²) in [6.07, 6.45) is 1.73. The van der Waals surface area contributed by atoms with Crippen LogP contribution >= 0.6 is 11.6 Å². The number of hydrogen-bond donors (Lipinski definition) is 1. The Morgan fingerprint density at radius 2 is 2.00 bits per heavy atom. The maximum absolute atomic E-state index is 8.94. The third-order valence-corrected chi connectivity index (χ3v) is 2.03. The zero-order chi connectivity index (χ0) is 8.97. The molecule has 1 aromatic rings. The van der Waals surface area contributed by atoms with Crippen LogP contribution in [0.1, 0.15) is 11.5 Å². The Labute approximate surface area is 77.3 Å². The maximum atomic E-state index is 8.94. The van der Waals surface area contributed by atoms with E-state index in [-0.39, 0.29) is 12.5 Å². The molecule has 0 saturated heterocycles. The van der Waals surface area contributed by atoms with Crippen LogP contribution in [-0.4, -0.2) is 11.7 Å². The molecule has 0 aromatic heterocycles. The molecule has 12 heavy (non-hydrogen) atoms. The Morgan fingerprint density at radius 1 is 1.42 bits per heavy atom. The lowest BCUT2D eigenvalue weighted by Crippen LogP contribution is -1.99. The van der Waals surface area contributed by atoms with Crippen molar-refractivity contribution in [1.29, 1.82) is 0 Å². The van der Waals surface area contributed by atoms with Crippen LogP contribution in [0.2, 0.25) is 5.02 Å². The van der Waals surface area contributed by atoms with E-state index in [9.17, 15) is 0 Å². The summed E-state index contributed by atoms with van der Waals surface area (Å²) in [4.78, 5) is 0. The Morgan fingerprint density at radius 3 is 2.42 bits per heavy atom. The second-order valence-electron chi connectivity index (χ2n) is 2.58. The molecule has 1 nitrogen and oxygen atoms in total. The van der Waals surface area contributed by atoms with Crippen LogP contribution in [0.25, 0.3) is 0 Å². The summed E-state index contributed by atoms with van der Waals surface area (Å²) in [5, 5.41) is 9.65. The van der Waals surface area contributed by atoms with Crippen molar-refractivity contribution in [2.75, 3.05) is 6.61 Å². The minimum Gasteiger partial charge on any atom is -0.395 e. The average Bonchev–Trinajstić information content (AvgIpc) is 2.10. The molecular weight excluding hydrogens is 172 g/mol. The van der Waals surface area contributed by atoms with E-state index in [4.69, 9.17) is 16.7 Å². The second kappa shape index (κ2) is 4.29. The summed E-state index contributed by atoms with van der Waals surface area (Å²) >= 11 is 5.71. The first-order valence-corrected chi connectivity index (χ1v) is 4.14. The van der Waals surface area contributed by atoms with Crippen molar-refractivity contribution in [3.05, 3.63) is 47.5 Å². The van der Waals surface area contributed by atoms with Gasteiger partial charge in [-0.3, -0.25) is 0 Å². The molecule has 1 rings (SSSR count). The normalized spacial score (nSPS) is 12.5. The van der Waals surface area contributed by atoms with E-state index in [0.29, 0.717) is 5.02 Å². The molecule has 2 heteroatoms. The molecule has 0 radical (unpaired) electrons. The zero-order valence-electron chi connectivity index (χ0n) is 6.70. The first-order valence-electron chi connectivity index (χ1n) is 3.77. The highest BCUT2D eigenvalue weighted by molar-refractivity contribution is 6.30. The molecule has 1 aromatic carbocycles. The Kier molecular flexibility index (Phi) is 3.32. The predicted octanol–water partition coefficient (Wildman–Crippen LogP) is 2.60. The Bertz CT molecular complexity index is 253. The van der Waals surface area contributed by atoms with Gasteiger partial charge < -0.3 is 5.11 Å². The van der Waals surface area contributed by atoms with Crippen LogP contribution in [0.4, 0.5) is 0 Å². The molecule has 0 heterocycles. The molecule has 64 valence electrons. The number of aliphatic hydroxyl groups is 1. The molecule has 1 atom stereocenters. The highest BCUT2D eigenvalue weighted by Gasteiger charge is 2.04. The minimum absolute atomic E-state index is 0.0160. The van der Waals surface area contributed by atoms with Gasteiger partial charge in [0, 0.05) is 10.9 Å². The standard InChI is InChI=1S/C10H11ClO/c1-2-8(7-12)9-3-5-10(11)6-4-9/h2-6,8,12H,1,7H2. The average molecular weight is 183 g/mol. The van der Waals surface area contributed by atoms with Crippen LogP contribution in [0, 0.1) is 0 Å². The van der Waals surface area contributed by atoms with E-state index >= 15 is 0 Å². The smallest absolute Gasteiger partial charge is 0.0534 e. The SMILES string of the molecule is C=CC(CO)c1ccc(Cl)cc1.